The molecule has 0 aromatic heterocycles. The Kier molecular flexibility index (Phi) is 7.69. The summed E-state index contributed by atoms with van der Waals surface area (Å²) in [5.41, 5.74) is 1.38. The van der Waals surface area contributed by atoms with Crippen molar-refractivity contribution in [3.05, 3.63) is 65.2 Å². The second-order valence-electron chi connectivity index (χ2n) is 6.66. The average molecular weight is 413 g/mol. The molecule has 0 heterocycles. The Balaban J connectivity index is 2.35. The minimum absolute atomic E-state index is 0.125. The van der Waals surface area contributed by atoms with Gasteiger partial charge >= 0.3 is 17.9 Å². The van der Waals surface area contributed by atoms with Crippen LogP contribution in [0.4, 0.5) is 0 Å². The molecule has 0 aliphatic rings. The third kappa shape index (κ3) is 6.16. The molecular weight excluding hydrogens is 390 g/mol. The maximum atomic E-state index is 12.9. The molecule has 0 spiro atoms. The van der Waals surface area contributed by atoms with Crippen molar-refractivity contribution in [1.29, 1.82) is 0 Å². The van der Waals surface area contributed by atoms with E-state index < -0.39 is 36.0 Å². The number of amides is 1. The number of carbonyl (C=O) groups excluding carboxylic acids is 3. The Labute approximate surface area is 173 Å². The first-order chi connectivity index (χ1) is 14.2. The van der Waals surface area contributed by atoms with Gasteiger partial charge in [-0.05, 0) is 31.0 Å². The maximum Gasteiger partial charge on any atom is 0.347 e. The summed E-state index contributed by atoms with van der Waals surface area (Å²) in [6.07, 6.45) is -1.46. The average Bonchev–Trinajstić information content (AvgIpc) is 2.67. The minimum Gasteiger partial charge on any atom is -0.478 e. The van der Waals surface area contributed by atoms with Crippen molar-refractivity contribution in [3.8, 4) is 5.75 Å². The van der Waals surface area contributed by atoms with Crippen LogP contribution in [0.25, 0.3) is 0 Å². The number of carboxylic acid groups (broad SMARTS) is 1. The second kappa shape index (κ2) is 10.2. The standard InChI is InChI=1S/C22H23NO7/c1-13-17(10-7-11-19(13)29-14(2)24)21(26)23-18(12-16-8-5-4-6-9-16)20(22(27)28)30-15(3)25/h4-11,18,20H,12H2,1-3H3,(H,23,26)(H,27,28). The van der Waals surface area contributed by atoms with E-state index in [4.69, 9.17) is 9.47 Å². The normalized spacial score (nSPS) is 12.4. The molecule has 0 bridgehead atoms. The molecule has 0 saturated heterocycles. The number of hydrogen-bond acceptors (Lipinski definition) is 6. The van der Waals surface area contributed by atoms with Crippen molar-refractivity contribution >= 4 is 23.8 Å². The molecule has 0 aliphatic carbocycles. The molecule has 8 nitrogen and oxygen atoms in total. The van der Waals surface area contributed by atoms with Crippen molar-refractivity contribution in [2.45, 2.75) is 39.3 Å². The molecule has 30 heavy (non-hydrogen) atoms. The first-order valence-electron chi connectivity index (χ1n) is 9.22. The van der Waals surface area contributed by atoms with E-state index in [1.807, 2.05) is 6.07 Å². The van der Waals surface area contributed by atoms with Gasteiger partial charge in [0.15, 0.2) is 0 Å². The molecule has 2 aromatic carbocycles. The van der Waals surface area contributed by atoms with Gasteiger partial charge < -0.3 is 19.9 Å². The van der Waals surface area contributed by atoms with E-state index >= 15 is 0 Å². The van der Waals surface area contributed by atoms with Crippen LogP contribution in [-0.4, -0.2) is 41.1 Å². The van der Waals surface area contributed by atoms with Gasteiger partial charge in [-0.3, -0.25) is 14.4 Å². The van der Waals surface area contributed by atoms with Crippen LogP contribution in [0.15, 0.2) is 48.5 Å². The van der Waals surface area contributed by atoms with E-state index in [1.54, 1.807) is 43.3 Å². The highest BCUT2D eigenvalue weighted by Gasteiger charge is 2.33. The van der Waals surface area contributed by atoms with E-state index in [-0.39, 0.29) is 17.7 Å². The number of ether oxygens (including phenoxy) is 2. The molecule has 2 unspecified atom stereocenters. The van der Waals surface area contributed by atoms with Crippen molar-refractivity contribution in [2.75, 3.05) is 0 Å². The third-order valence-corrected chi connectivity index (χ3v) is 4.30. The van der Waals surface area contributed by atoms with Crippen LogP contribution >= 0.6 is 0 Å². The molecule has 0 fully saturated rings. The minimum atomic E-state index is -1.58. The van der Waals surface area contributed by atoms with Gasteiger partial charge in [0.25, 0.3) is 5.91 Å². The summed E-state index contributed by atoms with van der Waals surface area (Å²) in [6.45, 7) is 3.96. The van der Waals surface area contributed by atoms with Gasteiger partial charge in [-0.2, -0.15) is 0 Å². The molecule has 8 heteroatoms. The SMILES string of the molecule is CC(=O)Oc1cccc(C(=O)NC(Cc2ccccc2)C(OC(C)=O)C(=O)O)c1C. The van der Waals surface area contributed by atoms with Gasteiger partial charge in [-0.1, -0.05) is 36.4 Å². The summed E-state index contributed by atoms with van der Waals surface area (Å²) in [5, 5.41) is 12.2. The quantitative estimate of drug-likeness (QED) is 0.503. The molecule has 2 aromatic rings. The van der Waals surface area contributed by atoms with Crippen LogP contribution in [0, 0.1) is 6.92 Å². The summed E-state index contributed by atoms with van der Waals surface area (Å²) in [6, 6.07) is 12.5. The summed E-state index contributed by atoms with van der Waals surface area (Å²) in [7, 11) is 0. The largest absolute Gasteiger partial charge is 0.478 e. The zero-order valence-electron chi connectivity index (χ0n) is 16.9. The van der Waals surface area contributed by atoms with E-state index in [9.17, 15) is 24.3 Å². The number of benzene rings is 2. The Bertz CT molecular complexity index is 940. The van der Waals surface area contributed by atoms with Gasteiger partial charge in [-0.25, -0.2) is 4.79 Å². The molecule has 0 radical (unpaired) electrons. The van der Waals surface area contributed by atoms with Gasteiger partial charge in [0, 0.05) is 25.0 Å². The molecule has 2 N–H and O–H groups in total. The number of esters is 2. The maximum absolute atomic E-state index is 12.9. The highest BCUT2D eigenvalue weighted by molar-refractivity contribution is 5.97. The number of hydrogen-bond donors (Lipinski definition) is 2. The first kappa shape index (κ1) is 22.6. The molecule has 0 saturated carbocycles. The smallest absolute Gasteiger partial charge is 0.347 e. The highest BCUT2D eigenvalue weighted by Crippen LogP contribution is 2.22. The first-order valence-corrected chi connectivity index (χ1v) is 9.22. The number of rotatable bonds is 8. The van der Waals surface area contributed by atoms with Gasteiger partial charge in [0.2, 0.25) is 6.10 Å². The number of carboxylic acids is 1. The van der Waals surface area contributed by atoms with Crippen molar-refractivity contribution in [3.63, 3.8) is 0 Å². The topological polar surface area (TPSA) is 119 Å². The predicted molar refractivity (Wildman–Crippen MR) is 107 cm³/mol. The lowest BCUT2D eigenvalue weighted by Crippen LogP contribution is -2.50. The van der Waals surface area contributed by atoms with E-state index in [0.717, 1.165) is 12.5 Å². The Morgan fingerprint density at radius 1 is 0.967 bits per heavy atom. The summed E-state index contributed by atoms with van der Waals surface area (Å²) >= 11 is 0. The van der Waals surface area contributed by atoms with Crippen molar-refractivity contribution < 1.29 is 33.8 Å². The van der Waals surface area contributed by atoms with Gasteiger partial charge in [0.1, 0.15) is 5.75 Å². The van der Waals surface area contributed by atoms with E-state index in [1.165, 1.54) is 13.0 Å². The highest BCUT2D eigenvalue weighted by atomic mass is 16.6. The molecule has 2 rings (SSSR count). The number of carbonyl (C=O) groups is 4. The fraction of sp³-hybridized carbons (Fsp3) is 0.273. The Morgan fingerprint density at radius 3 is 2.20 bits per heavy atom. The van der Waals surface area contributed by atoms with Crippen LogP contribution in [0.2, 0.25) is 0 Å². The van der Waals surface area contributed by atoms with E-state index in [0.29, 0.717) is 5.56 Å². The lowest BCUT2D eigenvalue weighted by atomic mass is 9.99. The van der Waals surface area contributed by atoms with Crippen molar-refractivity contribution in [2.24, 2.45) is 0 Å². The predicted octanol–water partition coefficient (Wildman–Crippen LogP) is 2.28. The summed E-state index contributed by atoms with van der Waals surface area (Å²) in [5.74, 6) is -3.04. The lowest BCUT2D eigenvalue weighted by molar-refractivity contribution is -0.164. The number of nitrogens with one attached hydrogen (secondary N) is 1. The van der Waals surface area contributed by atoms with Gasteiger partial charge in [0.05, 0.1) is 6.04 Å². The molecule has 158 valence electrons. The molecule has 1 amide bonds. The zero-order valence-corrected chi connectivity index (χ0v) is 16.9. The van der Waals surface area contributed by atoms with Gasteiger partial charge in [-0.15, -0.1) is 0 Å². The summed E-state index contributed by atoms with van der Waals surface area (Å²) < 4.78 is 10.1. The van der Waals surface area contributed by atoms with Crippen LogP contribution < -0.4 is 10.1 Å². The molecule has 0 aliphatic heterocycles. The lowest BCUT2D eigenvalue weighted by Gasteiger charge is -2.25. The Morgan fingerprint density at radius 2 is 1.63 bits per heavy atom. The summed E-state index contributed by atoms with van der Waals surface area (Å²) in [4.78, 5) is 47.4. The van der Waals surface area contributed by atoms with Crippen LogP contribution in [0.1, 0.15) is 35.3 Å². The third-order valence-electron chi connectivity index (χ3n) is 4.30. The Hall–Kier alpha value is -3.68. The molecule has 2 atom stereocenters. The van der Waals surface area contributed by atoms with Crippen LogP contribution in [0.5, 0.6) is 5.75 Å². The molecular formula is C22H23NO7. The van der Waals surface area contributed by atoms with Crippen LogP contribution in [-0.2, 0) is 25.5 Å². The second-order valence-corrected chi connectivity index (χ2v) is 6.66. The van der Waals surface area contributed by atoms with Crippen molar-refractivity contribution in [1.82, 2.24) is 5.32 Å². The zero-order chi connectivity index (χ0) is 22.3. The monoisotopic (exact) mass is 413 g/mol. The number of aliphatic carboxylic acids is 1. The fourth-order valence-corrected chi connectivity index (χ4v) is 2.96. The van der Waals surface area contributed by atoms with E-state index in [2.05, 4.69) is 5.32 Å². The van der Waals surface area contributed by atoms with Crippen LogP contribution in [0.3, 0.4) is 0 Å². The fourth-order valence-electron chi connectivity index (χ4n) is 2.96.